The summed E-state index contributed by atoms with van der Waals surface area (Å²) in [6.45, 7) is 0.850. The van der Waals surface area contributed by atoms with Crippen molar-refractivity contribution in [2.24, 2.45) is 0 Å². The van der Waals surface area contributed by atoms with Crippen molar-refractivity contribution in [3.63, 3.8) is 0 Å². The topological polar surface area (TPSA) is 118 Å². The van der Waals surface area contributed by atoms with Crippen LogP contribution in [0.15, 0.2) is 35.4 Å². The number of halogens is 2. The largest absolute Gasteiger partial charge is 0.312 e. The molecule has 0 bridgehead atoms. The van der Waals surface area contributed by atoms with Crippen LogP contribution in [0.25, 0.3) is 11.3 Å². The molecule has 0 radical (unpaired) electrons. The summed E-state index contributed by atoms with van der Waals surface area (Å²) in [4.78, 5) is 28.0. The Morgan fingerprint density at radius 2 is 2.11 bits per heavy atom. The monoisotopic (exact) mass is 417 g/mol. The standard InChI is InChI=1S/C16H17ClFN3O5S/c1-16(15(23)20-24,27(2,25)26)5-6-21-9-12(18)11(7-14(21)22)13-4-3-10(17)8-19-13/h3-4,7-9,24H,5-6H2,1-2H3,(H,20,23). The molecule has 0 fully saturated rings. The number of amides is 1. The van der Waals surface area contributed by atoms with Gasteiger partial charge in [-0.05, 0) is 25.5 Å². The summed E-state index contributed by atoms with van der Waals surface area (Å²) in [5.74, 6) is -1.89. The predicted octanol–water partition coefficient (Wildman–Crippen LogP) is 1.40. The van der Waals surface area contributed by atoms with Crippen molar-refractivity contribution in [1.29, 1.82) is 0 Å². The van der Waals surface area contributed by atoms with E-state index in [0.717, 1.165) is 30.0 Å². The minimum Gasteiger partial charge on any atom is -0.312 e. The highest BCUT2D eigenvalue weighted by molar-refractivity contribution is 7.92. The van der Waals surface area contributed by atoms with Gasteiger partial charge in [-0.2, -0.15) is 0 Å². The first-order chi connectivity index (χ1) is 12.5. The van der Waals surface area contributed by atoms with E-state index in [1.165, 1.54) is 23.8 Å². The molecule has 0 aliphatic rings. The number of nitrogens with one attached hydrogen (secondary N) is 1. The van der Waals surface area contributed by atoms with E-state index in [4.69, 9.17) is 16.8 Å². The van der Waals surface area contributed by atoms with Crippen LogP contribution in [0.3, 0.4) is 0 Å². The first-order valence-corrected chi connectivity index (χ1v) is 9.92. The van der Waals surface area contributed by atoms with Crippen LogP contribution in [0.1, 0.15) is 13.3 Å². The average molecular weight is 418 g/mol. The van der Waals surface area contributed by atoms with Crippen LogP contribution in [0, 0.1) is 5.82 Å². The molecule has 8 nitrogen and oxygen atoms in total. The third-order valence-corrected chi connectivity index (χ3v) is 6.56. The van der Waals surface area contributed by atoms with Gasteiger partial charge in [0.2, 0.25) is 0 Å². The molecular formula is C16H17ClFN3O5S. The molecule has 11 heteroatoms. The van der Waals surface area contributed by atoms with Crippen LogP contribution in [0.4, 0.5) is 4.39 Å². The molecule has 0 aliphatic carbocycles. The lowest BCUT2D eigenvalue weighted by atomic mass is 10.1. The van der Waals surface area contributed by atoms with Crippen LogP contribution in [0.5, 0.6) is 0 Å². The number of carbonyl (C=O) groups is 1. The fraction of sp³-hybridized carbons (Fsp3) is 0.312. The summed E-state index contributed by atoms with van der Waals surface area (Å²) in [7, 11) is -3.93. The number of aromatic nitrogens is 2. The minimum absolute atomic E-state index is 0.0353. The summed E-state index contributed by atoms with van der Waals surface area (Å²) in [5.41, 5.74) is 0.878. The molecule has 1 atom stereocenters. The molecule has 0 spiro atoms. The molecule has 0 saturated heterocycles. The molecule has 27 heavy (non-hydrogen) atoms. The first-order valence-electron chi connectivity index (χ1n) is 7.65. The smallest absolute Gasteiger partial charge is 0.264 e. The number of hydroxylamine groups is 1. The Morgan fingerprint density at radius 3 is 2.63 bits per heavy atom. The molecule has 2 rings (SSSR count). The van der Waals surface area contributed by atoms with Gasteiger partial charge < -0.3 is 4.57 Å². The fourth-order valence-corrected chi connectivity index (χ4v) is 3.33. The number of nitrogens with zero attached hydrogens (tertiary/aromatic N) is 2. The highest BCUT2D eigenvalue weighted by atomic mass is 35.5. The molecule has 0 saturated carbocycles. The lowest BCUT2D eigenvalue weighted by Crippen LogP contribution is -2.50. The Labute approximate surface area is 159 Å². The van der Waals surface area contributed by atoms with E-state index < -0.39 is 31.9 Å². The van der Waals surface area contributed by atoms with E-state index in [1.54, 1.807) is 0 Å². The molecule has 1 amide bonds. The molecule has 146 valence electrons. The molecule has 2 aromatic rings. The lowest BCUT2D eigenvalue weighted by molar-refractivity contribution is -0.131. The number of carbonyl (C=O) groups excluding carboxylic acids is 1. The maximum Gasteiger partial charge on any atom is 0.264 e. The van der Waals surface area contributed by atoms with E-state index in [-0.39, 0.29) is 24.2 Å². The van der Waals surface area contributed by atoms with Crippen LogP contribution in [-0.2, 0) is 21.2 Å². The van der Waals surface area contributed by atoms with Gasteiger partial charge in [0.1, 0.15) is 5.82 Å². The van der Waals surface area contributed by atoms with Crippen molar-refractivity contribution in [2.75, 3.05) is 6.26 Å². The number of aryl methyl sites for hydroxylation is 1. The number of sulfone groups is 1. The van der Waals surface area contributed by atoms with Crippen molar-refractivity contribution < 1.29 is 22.8 Å². The minimum atomic E-state index is -3.93. The Kier molecular flexibility index (Phi) is 6.03. The van der Waals surface area contributed by atoms with Crippen LogP contribution in [0.2, 0.25) is 5.02 Å². The summed E-state index contributed by atoms with van der Waals surface area (Å²) in [6, 6.07) is 3.98. The SMILES string of the molecule is CC(CCn1cc(F)c(-c2ccc(Cl)cn2)cc1=O)(C(=O)NO)S(C)(=O)=O. The van der Waals surface area contributed by atoms with Gasteiger partial charge in [-0.3, -0.25) is 19.8 Å². The van der Waals surface area contributed by atoms with E-state index >= 15 is 0 Å². The highest BCUT2D eigenvalue weighted by Crippen LogP contribution is 2.23. The molecule has 0 aromatic carbocycles. The third kappa shape index (κ3) is 4.34. The van der Waals surface area contributed by atoms with Crippen molar-refractivity contribution in [2.45, 2.75) is 24.6 Å². The second-order valence-corrected chi connectivity index (χ2v) is 9.00. The number of hydrogen-bond acceptors (Lipinski definition) is 6. The van der Waals surface area contributed by atoms with E-state index in [0.29, 0.717) is 5.02 Å². The summed E-state index contributed by atoms with van der Waals surface area (Å²) in [6.07, 6.45) is 2.71. The Balaban J connectivity index is 2.35. The van der Waals surface area contributed by atoms with Gasteiger partial charge >= 0.3 is 0 Å². The summed E-state index contributed by atoms with van der Waals surface area (Å²) < 4.78 is 37.3. The molecular weight excluding hydrogens is 401 g/mol. The molecule has 2 N–H and O–H groups in total. The number of pyridine rings is 2. The quantitative estimate of drug-likeness (QED) is 0.541. The third-order valence-electron chi connectivity index (χ3n) is 4.31. The Bertz CT molecular complexity index is 1020. The van der Waals surface area contributed by atoms with E-state index in [1.807, 2.05) is 0 Å². The Morgan fingerprint density at radius 1 is 1.44 bits per heavy atom. The van der Waals surface area contributed by atoms with Crippen molar-refractivity contribution in [3.8, 4) is 11.3 Å². The van der Waals surface area contributed by atoms with Gasteiger partial charge in [-0.25, -0.2) is 18.3 Å². The average Bonchev–Trinajstić information content (AvgIpc) is 2.60. The van der Waals surface area contributed by atoms with Gasteiger partial charge in [-0.1, -0.05) is 11.6 Å². The van der Waals surface area contributed by atoms with Gasteiger partial charge in [0.05, 0.1) is 10.7 Å². The summed E-state index contributed by atoms with van der Waals surface area (Å²) >= 11 is 5.73. The van der Waals surface area contributed by atoms with E-state index in [2.05, 4.69) is 4.98 Å². The highest BCUT2D eigenvalue weighted by Gasteiger charge is 2.43. The Hall–Kier alpha value is -2.30. The maximum atomic E-state index is 14.4. The first kappa shape index (κ1) is 21.0. The normalized spacial score (nSPS) is 13.8. The number of rotatable bonds is 6. The lowest BCUT2D eigenvalue weighted by Gasteiger charge is -2.25. The zero-order valence-corrected chi connectivity index (χ0v) is 16.0. The second kappa shape index (κ2) is 7.75. The molecule has 2 aromatic heterocycles. The molecule has 2 heterocycles. The fourth-order valence-electron chi connectivity index (χ4n) is 2.37. The van der Waals surface area contributed by atoms with Crippen LogP contribution >= 0.6 is 11.6 Å². The zero-order chi connectivity index (χ0) is 20.4. The number of hydrogen-bond donors (Lipinski definition) is 2. The van der Waals surface area contributed by atoms with Crippen molar-refractivity contribution >= 4 is 27.3 Å². The molecule has 0 aliphatic heterocycles. The van der Waals surface area contributed by atoms with Crippen LogP contribution in [-0.4, -0.2) is 40.1 Å². The van der Waals surface area contributed by atoms with Crippen molar-refractivity contribution in [1.82, 2.24) is 15.0 Å². The van der Waals surface area contributed by atoms with Crippen molar-refractivity contribution in [3.05, 3.63) is 51.8 Å². The van der Waals surface area contributed by atoms with Crippen LogP contribution < -0.4 is 11.0 Å². The van der Waals surface area contributed by atoms with E-state index in [9.17, 15) is 22.4 Å². The van der Waals surface area contributed by atoms with Gasteiger partial charge in [0.25, 0.3) is 11.5 Å². The molecule has 1 unspecified atom stereocenters. The maximum absolute atomic E-state index is 14.4. The van der Waals surface area contributed by atoms with Gasteiger partial charge in [0, 0.05) is 36.8 Å². The second-order valence-electron chi connectivity index (χ2n) is 6.12. The predicted molar refractivity (Wildman–Crippen MR) is 96.7 cm³/mol. The zero-order valence-electron chi connectivity index (χ0n) is 14.4. The van der Waals surface area contributed by atoms with Gasteiger partial charge in [0.15, 0.2) is 14.6 Å². The van der Waals surface area contributed by atoms with Gasteiger partial charge in [-0.15, -0.1) is 0 Å². The summed E-state index contributed by atoms with van der Waals surface area (Å²) in [5, 5.41) is 9.16.